The van der Waals surface area contributed by atoms with Crippen LogP contribution in [0.1, 0.15) is 36.0 Å². The number of hydrogen-bond donors (Lipinski definition) is 4. The Bertz CT molecular complexity index is 746. The Labute approximate surface area is 146 Å². The number of ether oxygens (including phenoxy) is 1. The minimum absolute atomic E-state index is 0.346. The lowest BCUT2D eigenvalue weighted by Crippen LogP contribution is -2.31. The standard InChI is InChI=1S/C17H22N6O2/c1-25-13-9-5-4-8-12(13)17(24)23-22-16-14(18)15(19-10-20-16)21-11-6-2-3-7-11/h4-5,8-11H,2-3,6-7,18H2,1H3,(H,23,24)(H2,19,20,21,22). The van der Waals surface area contributed by atoms with Gasteiger partial charge >= 0.3 is 0 Å². The van der Waals surface area contributed by atoms with Crippen LogP contribution in [-0.2, 0) is 0 Å². The quantitative estimate of drug-likeness (QED) is 0.595. The second-order valence-electron chi connectivity index (χ2n) is 5.89. The topological polar surface area (TPSA) is 114 Å². The summed E-state index contributed by atoms with van der Waals surface area (Å²) in [5.74, 6) is 1.07. The molecule has 1 amide bonds. The molecule has 3 rings (SSSR count). The lowest BCUT2D eigenvalue weighted by molar-refractivity contribution is 0.0959. The number of anilines is 3. The average molecular weight is 342 g/mol. The third-order valence-electron chi connectivity index (χ3n) is 4.23. The number of hydrogen-bond acceptors (Lipinski definition) is 7. The van der Waals surface area contributed by atoms with Gasteiger partial charge in [0.25, 0.3) is 5.91 Å². The summed E-state index contributed by atoms with van der Waals surface area (Å²) in [6, 6.07) is 7.34. The summed E-state index contributed by atoms with van der Waals surface area (Å²) in [7, 11) is 1.52. The van der Waals surface area contributed by atoms with E-state index in [1.165, 1.54) is 26.3 Å². The fourth-order valence-electron chi connectivity index (χ4n) is 2.89. The molecule has 1 aliphatic rings. The molecule has 1 aliphatic carbocycles. The van der Waals surface area contributed by atoms with Gasteiger partial charge in [0.05, 0.1) is 12.7 Å². The van der Waals surface area contributed by atoms with Gasteiger partial charge < -0.3 is 15.8 Å². The zero-order valence-corrected chi connectivity index (χ0v) is 14.1. The van der Waals surface area contributed by atoms with E-state index in [9.17, 15) is 4.79 Å². The Morgan fingerprint density at radius 2 is 1.92 bits per heavy atom. The van der Waals surface area contributed by atoms with E-state index in [1.807, 2.05) is 0 Å². The predicted molar refractivity (Wildman–Crippen MR) is 96.4 cm³/mol. The van der Waals surface area contributed by atoms with Gasteiger partial charge in [-0.1, -0.05) is 25.0 Å². The molecule has 0 radical (unpaired) electrons. The van der Waals surface area contributed by atoms with E-state index in [0.717, 1.165) is 12.8 Å². The summed E-state index contributed by atoms with van der Waals surface area (Å²) in [5, 5.41) is 3.34. The van der Waals surface area contributed by atoms with Crippen LogP contribution in [0.25, 0.3) is 0 Å². The van der Waals surface area contributed by atoms with Crippen LogP contribution in [0.4, 0.5) is 17.3 Å². The van der Waals surface area contributed by atoms with Gasteiger partial charge in [-0.25, -0.2) is 9.97 Å². The number of carbonyl (C=O) groups excluding carboxylic acids is 1. The van der Waals surface area contributed by atoms with Crippen molar-refractivity contribution in [2.24, 2.45) is 0 Å². The number of rotatable bonds is 6. The molecule has 1 fully saturated rings. The highest BCUT2D eigenvalue weighted by Gasteiger charge is 2.18. The Balaban J connectivity index is 1.67. The number of aromatic nitrogens is 2. The summed E-state index contributed by atoms with van der Waals surface area (Å²) < 4.78 is 5.19. The van der Waals surface area contributed by atoms with Crippen LogP contribution < -0.4 is 26.6 Å². The molecular formula is C17H22N6O2. The van der Waals surface area contributed by atoms with Crippen LogP contribution >= 0.6 is 0 Å². The minimum Gasteiger partial charge on any atom is -0.496 e. The number of nitrogens with one attached hydrogen (secondary N) is 3. The van der Waals surface area contributed by atoms with E-state index >= 15 is 0 Å². The highest BCUT2D eigenvalue weighted by molar-refractivity contribution is 5.97. The van der Waals surface area contributed by atoms with Crippen molar-refractivity contribution >= 4 is 23.2 Å². The SMILES string of the molecule is COc1ccccc1C(=O)NNc1ncnc(NC2CCCC2)c1N. The number of carbonyl (C=O) groups is 1. The Morgan fingerprint density at radius 1 is 1.20 bits per heavy atom. The van der Waals surface area contributed by atoms with E-state index in [-0.39, 0.29) is 5.91 Å². The van der Waals surface area contributed by atoms with E-state index < -0.39 is 0 Å². The maximum Gasteiger partial charge on any atom is 0.273 e. The molecule has 0 saturated heterocycles. The van der Waals surface area contributed by atoms with E-state index in [4.69, 9.17) is 10.5 Å². The van der Waals surface area contributed by atoms with Gasteiger partial charge in [-0.15, -0.1) is 0 Å². The average Bonchev–Trinajstić information content (AvgIpc) is 3.15. The third-order valence-corrected chi connectivity index (χ3v) is 4.23. The van der Waals surface area contributed by atoms with Crippen molar-refractivity contribution in [1.29, 1.82) is 0 Å². The smallest absolute Gasteiger partial charge is 0.273 e. The lowest BCUT2D eigenvalue weighted by atomic mass is 10.2. The molecule has 0 atom stereocenters. The molecule has 0 aliphatic heterocycles. The molecule has 132 valence electrons. The number of nitrogen functional groups attached to an aromatic ring is 1. The van der Waals surface area contributed by atoms with Gasteiger partial charge in [-0.05, 0) is 25.0 Å². The van der Waals surface area contributed by atoms with Crippen molar-refractivity contribution in [3.05, 3.63) is 36.2 Å². The normalized spacial score (nSPS) is 14.1. The minimum atomic E-state index is -0.347. The van der Waals surface area contributed by atoms with Crippen LogP contribution in [0.5, 0.6) is 5.75 Å². The molecule has 25 heavy (non-hydrogen) atoms. The maximum absolute atomic E-state index is 12.3. The second-order valence-corrected chi connectivity index (χ2v) is 5.89. The predicted octanol–water partition coefficient (Wildman–Crippen LogP) is 2.18. The zero-order valence-electron chi connectivity index (χ0n) is 14.1. The Morgan fingerprint density at radius 3 is 2.68 bits per heavy atom. The number of methoxy groups -OCH3 is 1. The molecule has 0 spiro atoms. The second kappa shape index (κ2) is 7.69. The third kappa shape index (κ3) is 3.90. The zero-order chi connectivity index (χ0) is 17.6. The number of nitrogens with two attached hydrogens (primary N) is 1. The molecule has 1 heterocycles. The first-order chi connectivity index (χ1) is 12.2. The highest BCUT2D eigenvalue weighted by atomic mass is 16.5. The number of nitrogens with zero attached hydrogens (tertiary/aromatic N) is 2. The van der Waals surface area contributed by atoms with Gasteiger partial charge in [-0.3, -0.25) is 15.6 Å². The van der Waals surface area contributed by atoms with Crippen molar-refractivity contribution in [3.8, 4) is 5.75 Å². The maximum atomic E-state index is 12.3. The van der Waals surface area contributed by atoms with Gasteiger partial charge in [0.1, 0.15) is 17.8 Å². The van der Waals surface area contributed by atoms with Gasteiger partial charge in [0.2, 0.25) is 0 Å². The molecule has 1 aromatic carbocycles. The molecule has 0 unspecified atom stereocenters. The summed E-state index contributed by atoms with van der Waals surface area (Å²) >= 11 is 0. The highest BCUT2D eigenvalue weighted by Crippen LogP contribution is 2.27. The fourth-order valence-corrected chi connectivity index (χ4v) is 2.89. The first-order valence-electron chi connectivity index (χ1n) is 8.25. The monoisotopic (exact) mass is 342 g/mol. The molecule has 1 saturated carbocycles. The Kier molecular flexibility index (Phi) is 5.17. The van der Waals surface area contributed by atoms with Crippen LogP contribution in [0.15, 0.2) is 30.6 Å². The number of amides is 1. The van der Waals surface area contributed by atoms with Crippen molar-refractivity contribution in [2.75, 3.05) is 23.6 Å². The fraction of sp³-hybridized carbons (Fsp3) is 0.353. The summed E-state index contributed by atoms with van der Waals surface area (Å²) in [5.41, 5.74) is 12.2. The lowest BCUT2D eigenvalue weighted by Gasteiger charge is -2.16. The molecule has 0 bridgehead atoms. The molecule has 1 aromatic heterocycles. The van der Waals surface area contributed by atoms with Crippen molar-refractivity contribution in [2.45, 2.75) is 31.7 Å². The first kappa shape index (κ1) is 16.8. The van der Waals surface area contributed by atoms with Gasteiger partial charge in [0.15, 0.2) is 11.6 Å². The van der Waals surface area contributed by atoms with E-state index in [0.29, 0.717) is 34.7 Å². The van der Waals surface area contributed by atoms with Crippen molar-refractivity contribution in [1.82, 2.24) is 15.4 Å². The number of benzene rings is 1. The first-order valence-corrected chi connectivity index (χ1v) is 8.25. The largest absolute Gasteiger partial charge is 0.496 e. The number of para-hydroxylation sites is 1. The molecule has 2 aromatic rings. The molecule has 8 heteroatoms. The van der Waals surface area contributed by atoms with Crippen LogP contribution in [0.3, 0.4) is 0 Å². The summed E-state index contributed by atoms with van der Waals surface area (Å²) in [6.45, 7) is 0. The van der Waals surface area contributed by atoms with Crippen LogP contribution in [0, 0.1) is 0 Å². The van der Waals surface area contributed by atoms with Crippen LogP contribution in [-0.4, -0.2) is 29.0 Å². The Hall–Kier alpha value is -3.03. The van der Waals surface area contributed by atoms with E-state index in [2.05, 4.69) is 26.1 Å². The molecule has 8 nitrogen and oxygen atoms in total. The summed E-state index contributed by atoms with van der Waals surface area (Å²) in [4.78, 5) is 20.6. The van der Waals surface area contributed by atoms with Crippen molar-refractivity contribution < 1.29 is 9.53 Å². The number of hydrazine groups is 1. The molecular weight excluding hydrogens is 320 g/mol. The summed E-state index contributed by atoms with van der Waals surface area (Å²) in [6.07, 6.45) is 6.05. The molecule has 5 N–H and O–H groups in total. The van der Waals surface area contributed by atoms with Gasteiger partial charge in [0, 0.05) is 6.04 Å². The van der Waals surface area contributed by atoms with Crippen LogP contribution in [0.2, 0.25) is 0 Å². The van der Waals surface area contributed by atoms with Crippen molar-refractivity contribution in [3.63, 3.8) is 0 Å². The van der Waals surface area contributed by atoms with Gasteiger partial charge in [-0.2, -0.15) is 0 Å². The van der Waals surface area contributed by atoms with E-state index in [1.54, 1.807) is 24.3 Å².